The molecule has 2 heterocycles. The summed E-state index contributed by atoms with van der Waals surface area (Å²) in [5.74, 6) is 0.243. The van der Waals surface area contributed by atoms with Gasteiger partial charge in [0.05, 0.1) is 11.9 Å². The van der Waals surface area contributed by atoms with Crippen molar-refractivity contribution < 1.29 is 18.3 Å². The van der Waals surface area contributed by atoms with Crippen LogP contribution in [0.25, 0.3) is 11.5 Å². The Balaban J connectivity index is 1.41. The third-order valence-electron chi connectivity index (χ3n) is 3.81. The number of rotatable bonds is 5. The molecule has 29 heavy (non-hydrogen) atoms. The van der Waals surface area contributed by atoms with E-state index < -0.39 is 5.91 Å². The van der Waals surface area contributed by atoms with Crippen LogP contribution in [0.5, 0.6) is 11.6 Å². The number of benzene rings is 2. The van der Waals surface area contributed by atoms with Gasteiger partial charge in [0, 0.05) is 17.3 Å². The number of carbonyl (C=O) groups is 1. The lowest BCUT2D eigenvalue weighted by atomic mass is 10.2. The summed E-state index contributed by atoms with van der Waals surface area (Å²) < 4.78 is 24.0. The maximum Gasteiger partial charge on any atom is 0.322 e. The van der Waals surface area contributed by atoms with Crippen LogP contribution in [0.4, 0.5) is 10.4 Å². The highest BCUT2D eigenvalue weighted by atomic mass is 19.1. The van der Waals surface area contributed by atoms with Crippen molar-refractivity contribution in [1.29, 1.82) is 0 Å². The predicted molar refractivity (Wildman–Crippen MR) is 101 cm³/mol. The number of hydrogen-bond acceptors (Lipinski definition) is 7. The zero-order valence-corrected chi connectivity index (χ0v) is 15.2. The van der Waals surface area contributed by atoms with Crippen molar-refractivity contribution in [3.05, 3.63) is 78.0 Å². The zero-order chi connectivity index (χ0) is 20.2. The Kier molecular flexibility index (Phi) is 4.93. The molecular formula is C20H14FN5O3. The molecule has 0 atom stereocenters. The number of anilines is 1. The Morgan fingerprint density at radius 3 is 2.52 bits per heavy atom. The molecule has 0 spiro atoms. The van der Waals surface area contributed by atoms with E-state index in [1.807, 2.05) is 6.92 Å². The maximum absolute atomic E-state index is 13.0. The van der Waals surface area contributed by atoms with Crippen molar-refractivity contribution in [2.24, 2.45) is 0 Å². The fourth-order valence-corrected chi connectivity index (χ4v) is 2.44. The summed E-state index contributed by atoms with van der Waals surface area (Å²) in [4.78, 5) is 20.6. The van der Waals surface area contributed by atoms with Crippen molar-refractivity contribution in [1.82, 2.24) is 20.2 Å². The standard InChI is InChI=1S/C20H14FN5O3/c1-12-10-22-11-17(23-12)28-16-8-4-13(5-9-16)18(27)24-20-26-25-19(29-20)14-2-6-15(21)7-3-14/h2-11H,1H3,(H,24,26,27). The van der Waals surface area contributed by atoms with E-state index in [9.17, 15) is 9.18 Å². The van der Waals surface area contributed by atoms with Crippen LogP contribution in [0.2, 0.25) is 0 Å². The van der Waals surface area contributed by atoms with Gasteiger partial charge in [0.15, 0.2) is 0 Å². The highest BCUT2D eigenvalue weighted by Crippen LogP contribution is 2.22. The van der Waals surface area contributed by atoms with Gasteiger partial charge in [0.25, 0.3) is 5.91 Å². The van der Waals surface area contributed by atoms with Gasteiger partial charge in [-0.25, -0.2) is 9.37 Å². The molecule has 144 valence electrons. The van der Waals surface area contributed by atoms with Gasteiger partial charge in [-0.15, -0.1) is 5.10 Å². The van der Waals surface area contributed by atoms with Crippen molar-refractivity contribution in [3.8, 4) is 23.1 Å². The second kappa shape index (κ2) is 7.85. The van der Waals surface area contributed by atoms with Crippen LogP contribution >= 0.6 is 0 Å². The molecule has 0 aliphatic heterocycles. The summed E-state index contributed by atoms with van der Waals surface area (Å²) in [6.45, 7) is 1.81. The highest BCUT2D eigenvalue weighted by Gasteiger charge is 2.13. The molecule has 2 aromatic heterocycles. The van der Waals surface area contributed by atoms with Gasteiger partial charge in [-0.1, -0.05) is 5.10 Å². The smallest absolute Gasteiger partial charge is 0.322 e. The maximum atomic E-state index is 13.0. The number of aryl methyl sites for hydroxylation is 1. The van der Waals surface area contributed by atoms with Crippen LogP contribution in [0.15, 0.2) is 65.3 Å². The summed E-state index contributed by atoms with van der Waals surface area (Å²) in [5, 5.41) is 10.1. The van der Waals surface area contributed by atoms with E-state index in [4.69, 9.17) is 9.15 Å². The van der Waals surface area contributed by atoms with E-state index in [-0.39, 0.29) is 17.7 Å². The fraction of sp³-hybridized carbons (Fsp3) is 0.0500. The van der Waals surface area contributed by atoms with Crippen LogP contribution in [-0.2, 0) is 0 Å². The number of aromatic nitrogens is 4. The lowest BCUT2D eigenvalue weighted by Crippen LogP contribution is -2.11. The van der Waals surface area contributed by atoms with Gasteiger partial charge in [0.2, 0.25) is 11.8 Å². The van der Waals surface area contributed by atoms with Gasteiger partial charge >= 0.3 is 6.01 Å². The molecule has 2 aromatic carbocycles. The molecule has 0 radical (unpaired) electrons. The fourth-order valence-electron chi connectivity index (χ4n) is 2.44. The van der Waals surface area contributed by atoms with Crippen molar-refractivity contribution in [3.63, 3.8) is 0 Å². The van der Waals surface area contributed by atoms with Crippen LogP contribution in [0.3, 0.4) is 0 Å². The molecule has 9 heteroatoms. The molecule has 4 aromatic rings. The van der Waals surface area contributed by atoms with Gasteiger partial charge in [-0.3, -0.25) is 15.1 Å². The van der Waals surface area contributed by atoms with Crippen LogP contribution < -0.4 is 10.1 Å². The first-order valence-electron chi connectivity index (χ1n) is 8.54. The van der Waals surface area contributed by atoms with E-state index in [1.165, 1.54) is 30.5 Å². The first-order chi connectivity index (χ1) is 14.1. The minimum absolute atomic E-state index is 0.0651. The van der Waals surface area contributed by atoms with E-state index in [1.54, 1.807) is 30.5 Å². The molecule has 8 nitrogen and oxygen atoms in total. The van der Waals surface area contributed by atoms with Crippen LogP contribution in [-0.4, -0.2) is 26.1 Å². The van der Waals surface area contributed by atoms with Crippen LogP contribution in [0, 0.1) is 12.7 Å². The third kappa shape index (κ3) is 4.41. The lowest BCUT2D eigenvalue weighted by molar-refractivity contribution is 0.102. The average Bonchev–Trinajstić information content (AvgIpc) is 3.17. The first kappa shape index (κ1) is 18.2. The number of halogens is 1. The molecule has 0 aliphatic rings. The van der Waals surface area contributed by atoms with Crippen molar-refractivity contribution in [2.75, 3.05) is 5.32 Å². The van der Waals surface area contributed by atoms with Crippen molar-refractivity contribution >= 4 is 11.9 Å². The van der Waals surface area contributed by atoms with Crippen molar-refractivity contribution in [2.45, 2.75) is 6.92 Å². The SMILES string of the molecule is Cc1cncc(Oc2ccc(C(=O)Nc3nnc(-c4ccc(F)cc4)o3)cc2)n1. The molecule has 0 unspecified atom stereocenters. The zero-order valence-electron chi connectivity index (χ0n) is 15.2. The Morgan fingerprint density at radius 1 is 1.03 bits per heavy atom. The predicted octanol–water partition coefficient (Wildman–Crippen LogP) is 4.02. The summed E-state index contributed by atoms with van der Waals surface area (Å²) in [6, 6.07) is 12.0. The molecule has 0 bridgehead atoms. The summed E-state index contributed by atoms with van der Waals surface area (Å²) in [6.07, 6.45) is 3.13. The van der Waals surface area contributed by atoms with Gasteiger partial charge < -0.3 is 9.15 Å². The molecular weight excluding hydrogens is 377 g/mol. The van der Waals surface area contributed by atoms with E-state index in [0.29, 0.717) is 22.8 Å². The minimum Gasteiger partial charge on any atom is -0.437 e. The first-order valence-corrected chi connectivity index (χ1v) is 8.54. The molecule has 0 saturated heterocycles. The minimum atomic E-state index is -0.429. The number of amides is 1. The highest BCUT2D eigenvalue weighted by molar-refractivity contribution is 6.03. The van der Waals surface area contributed by atoms with Crippen LogP contribution in [0.1, 0.15) is 16.1 Å². The summed E-state index contributed by atoms with van der Waals surface area (Å²) >= 11 is 0. The summed E-state index contributed by atoms with van der Waals surface area (Å²) in [5.41, 5.74) is 1.65. The Bertz CT molecular complexity index is 1140. The molecule has 0 aliphatic carbocycles. The largest absolute Gasteiger partial charge is 0.437 e. The summed E-state index contributed by atoms with van der Waals surface area (Å²) in [7, 11) is 0. The quantitative estimate of drug-likeness (QED) is 0.548. The Hall–Kier alpha value is -4.14. The monoisotopic (exact) mass is 391 g/mol. The van der Waals surface area contributed by atoms with Gasteiger partial charge in [0.1, 0.15) is 11.6 Å². The topological polar surface area (TPSA) is 103 Å². The van der Waals surface area contributed by atoms with E-state index >= 15 is 0 Å². The second-order valence-corrected chi connectivity index (χ2v) is 6.00. The molecule has 0 fully saturated rings. The van der Waals surface area contributed by atoms with E-state index in [2.05, 4.69) is 25.5 Å². The average molecular weight is 391 g/mol. The number of carbonyl (C=O) groups excluding carboxylic acids is 1. The number of nitrogens with one attached hydrogen (secondary N) is 1. The molecule has 4 rings (SSSR count). The Labute approximate surface area is 164 Å². The van der Waals surface area contributed by atoms with Gasteiger partial charge in [-0.05, 0) is 55.5 Å². The van der Waals surface area contributed by atoms with Gasteiger partial charge in [-0.2, -0.15) is 0 Å². The molecule has 0 saturated carbocycles. The third-order valence-corrected chi connectivity index (χ3v) is 3.81. The molecule has 1 N–H and O–H groups in total. The number of ether oxygens (including phenoxy) is 1. The normalized spacial score (nSPS) is 10.6. The number of hydrogen-bond donors (Lipinski definition) is 1. The molecule has 1 amide bonds. The lowest BCUT2D eigenvalue weighted by Gasteiger charge is -2.06. The van der Waals surface area contributed by atoms with E-state index in [0.717, 1.165) is 5.69 Å². The Morgan fingerprint density at radius 2 is 1.79 bits per heavy atom. The number of nitrogens with zero attached hydrogens (tertiary/aromatic N) is 4. The second-order valence-electron chi connectivity index (χ2n) is 6.00.